The SMILES string of the molecule is COC(=O)C(Cc1ccccc1)N1C(=O)CC(C)(O)C1(C(=O)OCc1ccccc1)C(=O)OCc1ccccc1. The molecule has 40 heavy (non-hydrogen) atoms. The Kier molecular flexibility index (Phi) is 8.64. The maximum absolute atomic E-state index is 14.0. The molecular weight excluding hydrogens is 514 g/mol. The highest BCUT2D eigenvalue weighted by atomic mass is 16.6. The fourth-order valence-electron chi connectivity index (χ4n) is 4.99. The van der Waals surface area contributed by atoms with Crippen molar-refractivity contribution in [2.45, 2.75) is 50.2 Å². The van der Waals surface area contributed by atoms with Crippen molar-refractivity contribution in [3.05, 3.63) is 108 Å². The molecule has 1 amide bonds. The fraction of sp³-hybridized carbons (Fsp3) is 0.290. The number of hydrogen-bond acceptors (Lipinski definition) is 8. The average molecular weight is 546 g/mol. The molecule has 4 rings (SSSR count). The second-order valence-electron chi connectivity index (χ2n) is 9.78. The monoisotopic (exact) mass is 545 g/mol. The molecule has 2 unspecified atom stereocenters. The van der Waals surface area contributed by atoms with Crippen molar-refractivity contribution >= 4 is 23.8 Å². The first-order chi connectivity index (χ1) is 19.2. The largest absolute Gasteiger partial charge is 0.467 e. The number of nitrogens with zero attached hydrogens (tertiary/aromatic N) is 1. The van der Waals surface area contributed by atoms with Crippen molar-refractivity contribution in [2.24, 2.45) is 0 Å². The zero-order valence-electron chi connectivity index (χ0n) is 22.3. The van der Waals surface area contributed by atoms with E-state index in [2.05, 4.69) is 0 Å². The summed E-state index contributed by atoms with van der Waals surface area (Å²) in [6, 6.07) is 24.8. The number of rotatable bonds is 10. The molecule has 1 aliphatic heterocycles. The van der Waals surface area contributed by atoms with Crippen LogP contribution >= 0.6 is 0 Å². The lowest BCUT2D eigenvalue weighted by atomic mass is 9.80. The molecule has 9 heteroatoms. The molecule has 0 bridgehead atoms. The highest BCUT2D eigenvalue weighted by Crippen LogP contribution is 2.44. The zero-order valence-corrected chi connectivity index (χ0v) is 22.3. The summed E-state index contributed by atoms with van der Waals surface area (Å²) in [4.78, 5) is 55.5. The summed E-state index contributed by atoms with van der Waals surface area (Å²) in [7, 11) is 1.14. The molecule has 3 aromatic rings. The number of carbonyl (C=O) groups is 4. The van der Waals surface area contributed by atoms with E-state index in [1.54, 1.807) is 91.0 Å². The highest BCUT2D eigenvalue weighted by Gasteiger charge is 2.73. The normalized spacial score (nSPS) is 18.6. The number of likely N-dealkylation sites (tertiary alicyclic amines) is 1. The molecule has 0 aromatic heterocycles. The number of ether oxygens (including phenoxy) is 3. The molecule has 2 atom stereocenters. The third kappa shape index (κ3) is 5.60. The molecule has 1 N–H and O–H groups in total. The summed E-state index contributed by atoms with van der Waals surface area (Å²) in [6.45, 7) is 0.704. The van der Waals surface area contributed by atoms with Crippen molar-refractivity contribution in [1.82, 2.24) is 4.90 Å². The lowest BCUT2D eigenvalue weighted by Crippen LogP contribution is -2.71. The van der Waals surface area contributed by atoms with Crippen LogP contribution in [0.5, 0.6) is 0 Å². The van der Waals surface area contributed by atoms with Crippen molar-refractivity contribution < 1.29 is 38.5 Å². The third-order valence-corrected chi connectivity index (χ3v) is 6.98. The molecule has 9 nitrogen and oxygen atoms in total. The predicted octanol–water partition coefficient (Wildman–Crippen LogP) is 2.98. The van der Waals surface area contributed by atoms with Gasteiger partial charge in [-0.15, -0.1) is 0 Å². The van der Waals surface area contributed by atoms with Gasteiger partial charge in [-0.25, -0.2) is 14.4 Å². The molecule has 1 heterocycles. The van der Waals surface area contributed by atoms with Gasteiger partial charge in [0.2, 0.25) is 5.91 Å². The number of methoxy groups -OCH3 is 1. The van der Waals surface area contributed by atoms with E-state index >= 15 is 0 Å². The van der Waals surface area contributed by atoms with E-state index in [9.17, 15) is 24.3 Å². The second kappa shape index (κ2) is 12.1. The molecule has 1 fully saturated rings. The van der Waals surface area contributed by atoms with Crippen molar-refractivity contribution in [2.75, 3.05) is 7.11 Å². The van der Waals surface area contributed by atoms with Gasteiger partial charge in [-0.1, -0.05) is 91.0 Å². The van der Waals surface area contributed by atoms with Gasteiger partial charge in [-0.2, -0.15) is 0 Å². The lowest BCUT2D eigenvalue weighted by molar-refractivity contribution is -0.194. The average Bonchev–Trinajstić information content (AvgIpc) is 3.19. The van der Waals surface area contributed by atoms with Crippen LogP contribution in [-0.4, -0.2) is 58.1 Å². The minimum atomic E-state index is -2.69. The van der Waals surface area contributed by atoms with E-state index in [0.717, 1.165) is 12.0 Å². The zero-order chi connectivity index (χ0) is 28.8. The van der Waals surface area contributed by atoms with Crippen molar-refractivity contribution in [1.29, 1.82) is 0 Å². The predicted molar refractivity (Wildman–Crippen MR) is 143 cm³/mol. The van der Waals surface area contributed by atoms with E-state index in [-0.39, 0.29) is 19.6 Å². The van der Waals surface area contributed by atoms with Gasteiger partial charge in [-0.05, 0) is 23.6 Å². The van der Waals surface area contributed by atoms with Gasteiger partial charge in [0.1, 0.15) is 24.9 Å². The Balaban J connectivity index is 1.79. The van der Waals surface area contributed by atoms with Gasteiger partial charge in [-0.3, -0.25) is 4.79 Å². The van der Waals surface area contributed by atoms with Crippen LogP contribution in [0.25, 0.3) is 0 Å². The second-order valence-corrected chi connectivity index (χ2v) is 9.78. The molecule has 0 radical (unpaired) electrons. The summed E-state index contributed by atoms with van der Waals surface area (Å²) in [6.07, 6.45) is -0.717. The molecule has 1 aliphatic rings. The van der Waals surface area contributed by atoms with Gasteiger partial charge in [0, 0.05) is 6.42 Å². The maximum atomic E-state index is 14.0. The number of esters is 3. The van der Waals surface area contributed by atoms with Gasteiger partial charge in [0.25, 0.3) is 5.54 Å². The molecule has 1 saturated heterocycles. The first kappa shape index (κ1) is 28.5. The Bertz CT molecular complexity index is 1290. The third-order valence-electron chi connectivity index (χ3n) is 6.98. The molecule has 0 aliphatic carbocycles. The summed E-state index contributed by atoms with van der Waals surface area (Å²) in [5.41, 5.74) is -3.10. The molecular formula is C31H31NO8. The van der Waals surface area contributed by atoms with Crippen LogP contribution in [-0.2, 0) is 53.0 Å². The summed E-state index contributed by atoms with van der Waals surface area (Å²) in [5.74, 6) is -4.10. The van der Waals surface area contributed by atoms with Crippen molar-refractivity contribution in [3.8, 4) is 0 Å². The Hall–Kier alpha value is -4.50. The minimum Gasteiger partial charge on any atom is -0.467 e. The molecule has 0 spiro atoms. The van der Waals surface area contributed by atoms with Crippen LogP contribution in [0.4, 0.5) is 0 Å². The van der Waals surface area contributed by atoms with E-state index < -0.39 is 47.4 Å². The number of hydrogen-bond donors (Lipinski definition) is 1. The van der Waals surface area contributed by atoms with E-state index in [1.165, 1.54) is 6.92 Å². The van der Waals surface area contributed by atoms with Crippen molar-refractivity contribution in [3.63, 3.8) is 0 Å². The van der Waals surface area contributed by atoms with Crippen LogP contribution in [0.3, 0.4) is 0 Å². The fourth-order valence-corrected chi connectivity index (χ4v) is 4.99. The maximum Gasteiger partial charge on any atom is 0.347 e. The number of aliphatic hydroxyl groups is 1. The quantitative estimate of drug-likeness (QED) is 0.235. The van der Waals surface area contributed by atoms with Crippen LogP contribution < -0.4 is 0 Å². The summed E-state index contributed by atoms with van der Waals surface area (Å²) < 4.78 is 16.1. The smallest absolute Gasteiger partial charge is 0.347 e. The summed E-state index contributed by atoms with van der Waals surface area (Å²) >= 11 is 0. The topological polar surface area (TPSA) is 119 Å². The van der Waals surface area contributed by atoms with Gasteiger partial charge in [0.05, 0.1) is 13.5 Å². The van der Waals surface area contributed by atoms with Gasteiger partial charge < -0.3 is 24.2 Å². The Morgan fingerprint density at radius 3 is 1.65 bits per heavy atom. The van der Waals surface area contributed by atoms with Crippen LogP contribution in [0.2, 0.25) is 0 Å². The van der Waals surface area contributed by atoms with E-state index in [4.69, 9.17) is 14.2 Å². The van der Waals surface area contributed by atoms with Crippen LogP contribution in [0.15, 0.2) is 91.0 Å². The van der Waals surface area contributed by atoms with Crippen LogP contribution in [0.1, 0.15) is 30.0 Å². The van der Waals surface area contributed by atoms with E-state index in [1.807, 2.05) is 0 Å². The van der Waals surface area contributed by atoms with Gasteiger partial charge >= 0.3 is 17.9 Å². The Labute approximate surface area is 232 Å². The van der Waals surface area contributed by atoms with Crippen LogP contribution in [0, 0.1) is 0 Å². The lowest BCUT2D eigenvalue weighted by Gasteiger charge is -2.42. The van der Waals surface area contributed by atoms with E-state index in [0.29, 0.717) is 16.7 Å². The first-order valence-corrected chi connectivity index (χ1v) is 12.8. The number of amides is 1. The summed E-state index contributed by atoms with van der Waals surface area (Å²) in [5, 5.41) is 11.6. The number of carbonyl (C=O) groups excluding carboxylic acids is 4. The number of benzene rings is 3. The molecule has 208 valence electrons. The Morgan fingerprint density at radius 1 is 0.800 bits per heavy atom. The molecule has 0 saturated carbocycles. The minimum absolute atomic E-state index is 0.0883. The highest BCUT2D eigenvalue weighted by molar-refractivity contribution is 6.13. The molecule has 3 aromatic carbocycles. The standard InChI is InChI=1S/C31H31NO8/c1-30(37)19-26(33)32(25(27(34)38-2)18-22-12-6-3-7-13-22)31(30,28(35)39-20-23-14-8-4-9-15-23)29(36)40-21-24-16-10-5-11-17-24/h3-17,25,37H,18-21H2,1-2H3. The van der Waals surface area contributed by atoms with Gasteiger partial charge in [0.15, 0.2) is 0 Å². The first-order valence-electron chi connectivity index (χ1n) is 12.8. The Morgan fingerprint density at radius 2 is 1.23 bits per heavy atom.